The largest absolute Gasteiger partial charge is 0.357 e. The summed E-state index contributed by atoms with van der Waals surface area (Å²) in [6.45, 7) is 5.33. The Morgan fingerprint density at radius 2 is 1.83 bits per heavy atom. The molecule has 2 aliphatic rings. The first-order chi connectivity index (χ1) is 14.6. The van der Waals surface area contributed by atoms with Gasteiger partial charge in [0, 0.05) is 49.5 Å². The summed E-state index contributed by atoms with van der Waals surface area (Å²) >= 11 is 0. The Morgan fingerprint density at radius 3 is 2.57 bits per heavy atom. The second-order valence-corrected chi connectivity index (χ2v) is 8.21. The summed E-state index contributed by atoms with van der Waals surface area (Å²) in [5, 5.41) is 3.07. The topological polar surface area (TPSA) is 65.5 Å². The number of hydrogen-bond donors (Lipinski definition) is 1. The van der Waals surface area contributed by atoms with Crippen molar-refractivity contribution in [3.63, 3.8) is 0 Å². The van der Waals surface area contributed by atoms with Gasteiger partial charge < -0.3 is 15.1 Å². The molecule has 2 saturated heterocycles. The average molecular weight is 407 g/mol. The van der Waals surface area contributed by atoms with Crippen molar-refractivity contribution < 1.29 is 9.59 Å². The van der Waals surface area contributed by atoms with Gasteiger partial charge >= 0.3 is 0 Å². The van der Waals surface area contributed by atoms with Crippen molar-refractivity contribution in [3.05, 3.63) is 53.7 Å². The lowest BCUT2D eigenvalue weighted by Gasteiger charge is -2.32. The van der Waals surface area contributed by atoms with E-state index < -0.39 is 0 Å². The molecule has 1 aromatic carbocycles. The molecule has 2 aliphatic heterocycles. The monoisotopic (exact) mass is 406 g/mol. The first kappa shape index (κ1) is 20.4. The van der Waals surface area contributed by atoms with E-state index in [4.69, 9.17) is 0 Å². The van der Waals surface area contributed by atoms with Crippen LogP contribution in [0.5, 0.6) is 0 Å². The highest BCUT2D eigenvalue weighted by Crippen LogP contribution is 2.24. The molecule has 4 rings (SSSR count). The Hall–Kier alpha value is -2.89. The van der Waals surface area contributed by atoms with Gasteiger partial charge in [-0.25, -0.2) is 4.98 Å². The summed E-state index contributed by atoms with van der Waals surface area (Å²) in [6, 6.07) is 11.7. The van der Waals surface area contributed by atoms with Gasteiger partial charge in [0.2, 0.25) is 5.91 Å². The molecule has 30 heavy (non-hydrogen) atoms. The third-order valence-electron chi connectivity index (χ3n) is 6.18. The Morgan fingerprint density at radius 1 is 1.07 bits per heavy atom. The summed E-state index contributed by atoms with van der Waals surface area (Å²) < 4.78 is 0. The van der Waals surface area contributed by atoms with E-state index in [0.717, 1.165) is 69.8 Å². The normalized spacial score (nSPS) is 17.2. The minimum atomic E-state index is 0.000877. The Kier molecular flexibility index (Phi) is 6.31. The number of benzene rings is 1. The molecule has 2 fully saturated rings. The van der Waals surface area contributed by atoms with E-state index in [0.29, 0.717) is 5.56 Å². The van der Waals surface area contributed by atoms with Gasteiger partial charge in [-0.3, -0.25) is 9.59 Å². The summed E-state index contributed by atoms with van der Waals surface area (Å²) in [5.41, 5.74) is 2.80. The van der Waals surface area contributed by atoms with Gasteiger partial charge in [-0.2, -0.15) is 0 Å². The minimum Gasteiger partial charge on any atom is -0.357 e. The van der Waals surface area contributed by atoms with Crippen molar-refractivity contribution in [3.8, 4) is 0 Å². The molecule has 2 amide bonds. The van der Waals surface area contributed by atoms with Crippen molar-refractivity contribution in [2.24, 2.45) is 5.92 Å². The molecule has 0 bridgehead atoms. The van der Waals surface area contributed by atoms with Crippen LogP contribution in [-0.4, -0.2) is 47.9 Å². The molecule has 0 atom stereocenters. The van der Waals surface area contributed by atoms with Crippen molar-refractivity contribution >= 4 is 23.3 Å². The number of amides is 2. The van der Waals surface area contributed by atoms with Crippen LogP contribution < -0.4 is 10.2 Å². The number of nitrogens with zero attached hydrogens (tertiary/aromatic N) is 3. The predicted molar refractivity (Wildman–Crippen MR) is 119 cm³/mol. The van der Waals surface area contributed by atoms with E-state index in [1.54, 1.807) is 12.3 Å². The van der Waals surface area contributed by atoms with Crippen molar-refractivity contribution in [2.75, 3.05) is 36.4 Å². The smallest absolute Gasteiger partial charge is 0.254 e. The maximum Gasteiger partial charge on any atom is 0.254 e. The molecular formula is C24H30N4O2. The number of nitrogens with one attached hydrogen (secondary N) is 1. The number of carbonyl (C=O) groups excluding carboxylic acids is 2. The molecule has 0 saturated carbocycles. The molecular weight excluding hydrogens is 376 g/mol. The SMILES string of the molecule is CCc1cccc(NC(=O)C2CCN(c3cc(C(=O)N4CCCC4)ccn3)CC2)c1. The molecule has 0 aliphatic carbocycles. The lowest BCUT2D eigenvalue weighted by Crippen LogP contribution is -2.38. The van der Waals surface area contributed by atoms with Gasteiger partial charge in [-0.15, -0.1) is 0 Å². The summed E-state index contributed by atoms with van der Waals surface area (Å²) in [6.07, 6.45) is 6.41. The molecule has 0 radical (unpaired) electrons. The van der Waals surface area contributed by atoms with Gasteiger partial charge in [0.15, 0.2) is 0 Å². The highest BCUT2D eigenvalue weighted by molar-refractivity contribution is 5.95. The third kappa shape index (κ3) is 4.64. The van der Waals surface area contributed by atoms with E-state index >= 15 is 0 Å². The van der Waals surface area contributed by atoms with Crippen molar-refractivity contribution in [1.82, 2.24) is 9.88 Å². The van der Waals surface area contributed by atoms with Crippen LogP contribution in [0.1, 0.15) is 48.5 Å². The van der Waals surface area contributed by atoms with Crippen molar-refractivity contribution in [2.45, 2.75) is 39.0 Å². The third-order valence-corrected chi connectivity index (χ3v) is 6.18. The number of rotatable bonds is 5. The number of aryl methyl sites for hydroxylation is 1. The summed E-state index contributed by atoms with van der Waals surface area (Å²) in [5.74, 6) is 1.02. The van der Waals surface area contributed by atoms with E-state index in [-0.39, 0.29) is 17.7 Å². The van der Waals surface area contributed by atoms with Crippen LogP contribution in [0.25, 0.3) is 0 Å². The van der Waals surface area contributed by atoms with E-state index in [2.05, 4.69) is 28.2 Å². The van der Waals surface area contributed by atoms with Crippen LogP contribution in [0.3, 0.4) is 0 Å². The maximum absolute atomic E-state index is 12.7. The molecule has 3 heterocycles. The summed E-state index contributed by atoms with van der Waals surface area (Å²) in [7, 11) is 0. The zero-order chi connectivity index (χ0) is 20.9. The summed E-state index contributed by atoms with van der Waals surface area (Å²) in [4.78, 5) is 34.0. The van der Waals surface area contributed by atoms with E-state index in [9.17, 15) is 9.59 Å². The Labute approximate surface area is 178 Å². The lowest BCUT2D eigenvalue weighted by atomic mass is 9.95. The minimum absolute atomic E-state index is 0.000877. The van der Waals surface area contributed by atoms with Crippen LogP contribution in [0.2, 0.25) is 0 Å². The quantitative estimate of drug-likeness (QED) is 0.822. The fourth-order valence-electron chi connectivity index (χ4n) is 4.31. The van der Waals surface area contributed by atoms with Crippen LogP contribution in [0.15, 0.2) is 42.6 Å². The van der Waals surface area contributed by atoms with Crippen LogP contribution in [-0.2, 0) is 11.2 Å². The van der Waals surface area contributed by atoms with Gasteiger partial charge in [0.25, 0.3) is 5.91 Å². The zero-order valence-electron chi connectivity index (χ0n) is 17.6. The molecule has 6 nitrogen and oxygen atoms in total. The van der Waals surface area contributed by atoms with E-state index in [1.165, 1.54) is 5.56 Å². The van der Waals surface area contributed by atoms with Crippen LogP contribution in [0.4, 0.5) is 11.5 Å². The number of carbonyl (C=O) groups is 2. The second-order valence-electron chi connectivity index (χ2n) is 8.21. The fraction of sp³-hybridized carbons (Fsp3) is 0.458. The van der Waals surface area contributed by atoms with Gasteiger partial charge in [-0.05, 0) is 61.9 Å². The molecule has 1 N–H and O–H groups in total. The highest BCUT2D eigenvalue weighted by atomic mass is 16.2. The molecule has 0 unspecified atom stereocenters. The van der Waals surface area contributed by atoms with E-state index in [1.807, 2.05) is 29.2 Å². The zero-order valence-corrected chi connectivity index (χ0v) is 17.6. The molecule has 6 heteroatoms. The second kappa shape index (κ2) is 9.28. The lowest BCUT2D eigenvalue weighted by molar-refractivity contribution is -0.120. The van der Waals surface area contributed by atoms with Crippen LogP contribution >= 0.6 is 0 Å². The number of hydrogen-bond acceptors (Lipinski definition) is 4. The maximum atomic E-state index is 12.7. The van der Waals surface area contributed by atoms with Gasteiger partial charge in [0.1, 0.15) is 5.82 Å². The molecule has 158 valence electrons. The number of likely N-dealkylation sites (tertiary alicyclic amines) is 1. The fourth-order valence-corrected chi connectivity index (χ4v) is 4.31. The van der Waals surface area contributed by atoms with Gasteiger partial charge in [0.05, 0.1) is 0 Å². The predicted octanol–water partition coefficient (Wildman–Crippen LogP) is 3.74. The Balaban J connectivity index is 1.34. The molecule has 2 aromatic rings. The number of pyridine rings is 1. The number of aromatic nitrogens is 1. The average Bonchev–Trinajstić information content (AvgIpc) is 3.34. The van der Waals surface area contributed by atoms with Crippen LogP contribution in [0, 0.1) is 5.92 Å². The number of piperidine rings is 1. The molecule has 1 aromatic heterocycles. The highest BCUT2D eigenvalue weighted by Gasteiger charge is 2.26. The standard InChI is InChI=1S/C24H30N4O2/c1-2-18-6-5-7-21(16-18)26-23(29)19-9-14-27(15-10-19)22-17-20(8-11-25-22)24(30)28-12-3-4-13-28/h5-8,11,16-17,19H,2-4,9-10,12-15H2,1H3,(H,26,29). The molecule has 0 spiro atoms. The Bertz CT molecular complexity index is 900. The van der Waals surface area contributed by atoms with Crippen molar-refractivity contribution in [1.29, 1.82) is 0 Å². The van der Waals surface area contributed by atoms with Gasteiger partial charge in [-0.1, -0.05) is 19.1 Å². The first-order valence-corrected chi connectivity index (χ1v) is 11.0. The first-order valence-electron chi connectivity index (χ1n) is 11.0. The number of anilines is 2.